The third-order valence-electron chi connectivity index (χ3n) is 2.45. The first kappa shape index (κ1) is 6.89. The molecule has 0 fully saturated rings. The van der Waals surface area contributed by atoms with E-state index in [4.69, 9.17) is 4.74 Å². The van der Waals surface area contributed by atoms with E-state index in [0.717, 1.165) is 24.5 Å². The normalized spacial score (nSPS) is 30.3. The number of ether oxygens (including phenoxy) is 1. The second-order valence-corrected chi connectivity index (χ2v) is 3.53. The highest BCUT2D eigenvalue weighted by molar-refractivity contribution is 5.77. The van der Waals surface area contributed by atoms with E-state index in [-0.39, 0.29) is 5.97 Å². The summed E-state index contributed by atoms with van der Waals surface area (Å²) in [6.07, 6.45) is 3.77. The Balaban J connectivity index is 2.16. The maximum Gasteiger partial charge on any atom is 0.315 e. The molecule has 0 N–H and O–H groups in total. The quantitative estimate of drug-likeness (QED) is 0.496. The van der Waals surface area contributed by atoms with Crippen LogP contribution < -0.4 is 0 Å². The number of rotatable bonds is 0. The van der Waals surface area contributed by atoms with Crippen LogP contribution in [0.2, 0.25) is 0 Å². The summed E-state index contributed by atoms with van der Waals surface area (Å²) >= 11 is 0. The largest absolute Gasteiger partial charge is 0.431 e. The molecule has 1 atom stereocenters. The van der Waals surface area contributed by atoms with Gasteiger partial charge in [0.2, 0.25) is 0 Å². The first-order valence-electron chi connectivity index (χ1n) is 4.17. The molecule has 0 spiro atoms. The summed E-state index contributed by atoms with van der Waals surface area (Å²) in [5.41, 5.74) is 1.26. The van der Waals surface area contributed by atoms with Crippen LogP contribution in [0.15, 0.2) is 11.3 Å². The van der Waals surface area contributed by atoms with Crippen molar-refractivity contribution in [2.75, 3.05) is 0 Å². The summed E-state index contributed by atoms with van der Waals surface area (Å²) in [5.74, 6) is 1.67. The number of esters is 1. The van der Waals surface area contributed by atoms with Crippen LogP contribution in [0.25, 0.3) is 0 Å². The van der Waals surface area contributed by atoms with Gasteiger partial charge in [0.15, 0.2) is 0 Å². The number of carbonyl (C=O) groups excluding carboxylic acids is 1. The van der Waals surface area contributed by atoms with Gasteiger partial charge in [-0.2, -0.15) is 0 Å². The minimum Gasteiger partial charge on any atom is -0.431 e. The van der Waals surface area contributed by atoms with Gasteiger partial charge in [-0.25, -0.2) is 0 Å². The minimum atomic E-state index is -0.0518. The van der Waals surface area contributed by atoms with Gasteiger partial charge in [0.25, 0.3) is 0 Å². The Labute approximate surface area is 66.2 Å². The van der Waals surface area contributed by atoms with Crippen molar-refractivity contribution in [2.24, 2.45) is 5.92 Å². The third-order valence-corrected chi connectivity index (χ3v) is 2.45. The molecule has 2 heteroatoms. The Kier molecular flexibility index (Phi) is 1.48. The average Bonchev–Trinajstić information content (AvgIpc) is 2.27. The zero-order valence-corrected chi connectivity index (χ0v) is 6.72. The van der Waals surface area contributed by atoms with Crippen LogP contribution in [-0.2, 0) is 9.53 Å². The fourth-order valence-electron chi connectivity index (χ4n) is 1.83. The SMILES string of the molecule is CC1CCC2=C(CC(=O)O2)C1. The van der Waals surface area contributed by atoms with E-state index in [9.17, 15) is 4.79 Å². The highest BCUT2D eigenvalue weighted by Gasteiger charge is 2.28. The molecule has 0 aromatic rings. The van der Waals surface area contributed by atoms with E-state index < -0.39 is 0 Å². The van der Waals surface area contributed by atoms with Gasteiger partial charge < -0.3 is 4.74 Å². The van der Waals surface area contributed by atoms with Crippen LogP contribution >= 0.6 is 0 Å². The first-order valence-corrected chi connectivity index (χ1v) is 4.17. The molecule has 0 saturated carbocycles. The maximum atomic E-state index is 10.9. The van der Waals surface area contributed by atoms with E-state index in [1.165, 1.54) is 12.0 Å². The Morgan fingerprint density at radius 3 is 3.18 bits per heavy atom. The fourth-order valence-corrected chi connectivity index (χ4v) is 1.83. The van der Waals surface area contributed by atoms with E-state index >= 15 is 0 Å². The lowest BCUT2D eigenvalue weighted by atomic mass is 9.89. The van der Waals surface area contributed by atoms with Crippen LogP contribution in [0.4, 0.5) is 0 Å². The molecule has 2 aliphatic rings. The molecule has 60 valence electrons. The van der Waals surface area contributed by atoms with Crippen molar-refractivity contribution in [1.29, 1.82) is 0 Å². The second-order valence-electron chi connectivity index (χ2n) is 3.53. The lowest BCUT2D eigenvalue weighted by Crippen LogP contribution is -2.04. The van der Waals surface area contributed by atoms with Crippen LogP contribution in [0.1, 0.15) is 32.6 Å². The highest BCUT2D eigenvalue weighted by atomic mass is 16.5. The Morgan fingerprint density at radius 1 is 1.55 bits per heavy atom. The van der Waals surface area contributed by atoms with Crippen molar-refractivity contribution in [1.82, 2.24) is 0 Å². The summed E-state index contributed by atoms with van der Waals surface area (Å²) in [5, 5.41) is 0. The summed E-state index contributed by atoms with van der Waals surface area (Å²) in [6.45, 7) is 2.23. The Morgan fingerprint density at radius 2 is 2.36 bits per heavy atom. The molecule has 0 aromatic carbocycles. The molecular formula is C9H12O2. The van der Waals surface area contributed by atoms with Gasteiger partial charge in [-0.15, -0.1) is 0 Å². The molecule has 11 heavy (non-hydrogen) atoms. The van der Waals surface area contributed by atoms with Gasteiger partial charge in [0.05, 0.1) is 6.42 Å². The maximum absolute atomic E-state index is 10.9. The summed E-state index contributed by atoms with van der Waals surface area (Å²) in [6, 6.07) is 0. The summed E-state index contributed by atoms with van der Waals surface area (Å²) in [4.78, 5) is 10.9. The van der Waals surface area contributed by atoms with Crippen molar-refractivity contribution in [3.8, 4) is 0 Å². The standard InChI is InChI=1S/C9H12O2/c1-6-2-3-8-7(4-6)5-9(10)11-8/h6H,2-5H2,1H3. The van der Waals surface area contributed by atoms with Gasteiger partial charge >= 0.3 is 5.97 Å². The minimum absolute atomic E-state index is 0.0518. The predicted molar refractivity (Wildman–Crippen MR) is 40.8 cm³/mol. The third kappa shape index (κ3) is 1.17. The lowest BCUT2D eigenvalue weighted by molar-refractivity contribution is -0.136. The smallest absolute Gasteiger partial charge is 0.315 e. The molecule has 0 bridgehead atoms. The molecule has 1 aliphatic carbocycles. The highest BCUT2D eigenvalue weighted by Crippen LogP contribution is 2.35. The zero-order valence-electron chi connectivity index (χ0n) is 6.72. The van der Waals surface area contributed by atoms with Crippen molar-refractivity contribution in [3.05, 3.63) is 11.3 Å². The van der Waals surface area contributed by atoms with Crippen molar-refractivity contribution >= 4 is 5.97 Å². The summed E-state index contributed by atoms with van der Waals surface area (Å²) < 4.78 is 5.05. The number of hydrogen-bond acceptors (Lipinski definition) is 2. The van der Waals surface area contributed by atoms with Crippen molar-refractivity contribution in [3.63, 3.8) is 0 Å². The van der Waals surface area contributed by atoms with Gasteiger partial charge in [-0.05, 0) is 24.3 Å². The van der Waals surface area contributed by atoms with Gasteiger partial charge in [0.1, 0.15) is 5.76 Å². The molecule has 1 heterocycles. The number of hydrogen-bond donors (Lipinski definition) is 0. The molecule has 2 nitrogen and oxygen atoms in total. The molecule has 1 aliphatic heterocycles. The first-order chi connectivity index (χ1) is 5.25. The fraction of sp³-hybridized carbons (Fsp3) is 0.667. The average molecular weight is 152 g/mol. The van der Waals surface area contributed by atoms with Crippen LogP contribution in [0, 0.1) is 5.92 Å². The lowest BCUT2D eigenvalue weighted by Gasteiger charge is -2.17. The van der Waals surface area contributed by atoms with Crippen molar-refractivity contribution < 1.29 is 9.53 Å². The van der Waals surface area contributed by atoms with Gasteiger partial charge in [0, 0.05) is 6.42 Å². The van der Waals surface area contributed by atoms with Crippen LogP contribution in [0.3, 0.4) is 0 Å². The van der Waals surface area contributed by atoms with E-state index in [1.807, 2.05) is 0 Å². The van der Waals surface area contributed by atoms with E-state index in [1.54, 1.807) is 0 Å². The van der Waals surface area contributed by atoms with Gasteiger partial charge in [-0.1, -0.05) is 6.92 Å². The zero-order chi connectivity index (χ0) is 7.84. The Bertz CT molecular complexity index is 228. The molecular weight excluding hydrogens is 140 g/mol. The van der Waals surface area contributed by atoms with Crippen molar-refractivity contribution in [2.45, 2.75) is 32.6 Å². The molecule has 0 aromatic heterocycles. The molecule has 0 saturated heterocycles. The molecule has 0 radical (unpaired) electrons. The summed E-state index contributed by atoms with van der Waals surface area (Å²) in [7, 11) is 0. The number of allylic oxidation sites excluding steroid dienone is 1. The van der Waals surface area contributed by atoms with E-state index in [2.05, 4.69) is 6.92 Å². The van der Waals surface area contributed by atoms with Gasteiger partial charge in [-0.3, -0.25) is 4.79 Å². The molecule has 0 amide bonds. The topological polar surface area (TPSA) is 26.3 Å². The molecule has 1 unspecified atom stereocenters. The Hall–Kier alpha value is -0.790. The second kappa shape index (κ2) is 2.36. The van der Waals surface area contributed by atoms with Crippen LogP contribution in [-0.4, -0.2) is 5.97 Å². The van der Waals surface area contributed by atoms with E-state index in [0.29, 0.717) is 6.42 Å². The monoisotopic (exact) mass is 152 g/mol. The molecule has 2 rings (SSSR count). The number of carbonyl (C=O) groups is 1. The van der Waals surface area contributed by atoms with Crippen LogP contribution in [0.5, 0.6) is 0 Å². The predicted octanol–water partition coefficient (Wildman–Crippen LogP) is 2.01.